The minimum Gasteiger partial charge on any atom is -0.323 e. The Hall–Kier alpha value is -1.34. The summed E-state index contributed by atoms with van der Waals surface area (Å²) < 4.78 is 17.8. The van der Waals surface area contributed by atoms with E-state index in [1.807, 2.05) is 24.3 Å². The number of ether oxygens (including phenoxy) is 3. The zero-order valence-electron chi connectivity index (χ0n) is 10.7. The third-order valence-electron chi connectivity index (χ3n) is 4.50. The van der Waals surface area contributed by atoms with Gasteiger partial charge in [0.2, 0.25) is 0 Å². The predicted octanol–water partition coefficient (Wildman–Crippen LogP) is 2.25. The quantitative estimate of drug-likeness (QED) is 0.760. The Morgan fingerprint density at radius 1 is 1.00 bits per heavy atom. The number of terminal acetylenes is 1. The van der Waals surface area contributed by atoms with Crippen molar-refractivity contribution in [3.63, 3.8) is 0 Å². The first kappa shape index (κ1) is 11.5. The van der Waals surface area contributed by atoms with Crippen molar-refractivity contribution >= 4 is 0 Å². The molecule has 1 saturated carbocycles. The summed E-state index contributed by atoms with van der Waals surface area (Å²) in [5.41, 5.74) is 1.83. The van der Waals surface area contributed by atoms with Crippen molar-refractivity contribution in [3.05, 3.63) is 35.4 Å². The second-order valence-electron chi connectivity index (χ2n) is 5.78. The maximum absolute atomic E-state index is 5.93. The highest BCUT2D eigenvalue weighted by Gasteiger charge is 2.58. The van der Waals surface area contributed by atoms with Crippen LogP contribution in [0.25, 0.3) is 0 Å². The molecule has 0 N–H and O–H groups in total. The van der Waals surface area contributed by atoms with Crippen LogP contribution in [0.4, 0.5) is 0 Å². The lowest BCUT2D eigenvalue weighted by Gasteiger charge is -2.52. The van der Waals surface area contributed by atoms with Gasteiger partial charge in [-0.3, -0.25) is 0 Å². The Bertz CT molecular complexity index is 512. The van der Waals surface area contributed by atoms with Gasteiger partial charge >= 0.3 is 5.97 Å². The van der Waals surface area contributed by atoms with Gasteiger partial charge < -0.3 is 14.2 Å². The lowest BCUT2D eigenvalue weighted by Crippen LogP contribution is -2.59. The van der Waals surface area contributed by atoms with Crippen LogP contribution in [-0.4, -0.2) is 19.8 Å². The molecule has 0 unspecified atom stereocenters. The van der Waals surface area contributed by atoms with Crippen LogP contribution in [0, 0.1) is 23.7 Å². The van der Waals surface area contributed by atoms with E-state index in [0.29, 0.717) is 0 Å². The average molecular weight is 256 g/mol. The van der Waals surface area contributed by atoms with E-state index >= 15 is 0 Å². The van der Waals surface area contributed by atoms with Crippen LogP contribution in [0.5, 0.6) is 0 Å². The maximum atomic E-state index is 5.93. The Morgan fingerprint density at radius 3 is 2.05 bits per heavy atom. The van der Waals surface area contributed by atoms with Gasteiger partial charge in [0, 0.05) is 16.5 Å². The molecule has 1 aliphatic carbocycles. The normalized spacial score (nSPS) is 37.0. The molecule has 19 heavy (non-hydrogen) atoms. The number of fused-ring (bicyclic) bond motifs is 3. The molecule has 4 fully saturated rings. The average Bonchev–Trinajstić information content (AvgIpc) is 3.34. The van der Waals surface area contributed by atoms with E-state index in [1.54, 1.807) is 0 Å². The first-order chi connectivity index (χ1) is 9.26. The zero-order chi connectivity index (χ0) is 12.9. The van der Waals surface area contributed by atoms with Crippen molar-refractivity contribution in [1.29, 1.82) is 0 Å². The summed E-state index contributed by atoms with van der Waals surface area (Å²) in [5, 5.41) is 0. The lowest BCUT2D eigenvalue weighted by molar-refractivity contribution is -0.482. The van der Waals surface area contributed by atoms with Gasteiger partial charge in [-0.05, 0) is 43.0 Å². The third kappa shape index (κ3) is 1.64. The first-order valence-electron chi connectivity index (χ1n) is 6.75. The zero-order valence-corrected chi connectivity index (χ0v) is 10.7. The summed E-state index contributed by atoms with van der Waals surface area (Å²) >= 11 is 0. The molecule has 98 valence electrons. The molecule has 3 nitrogen and oxygen atoms in total. The van der Waals surface area contributed by atoms with Crippen molar-refractivity contribution in [2.75, 3.05) is 19.8 Å². The molecule has 3 heterocycles. The summed E-state index contributed by atoms with van der Waals surface area (Å²) in [7, 11) is 0. The van der Waals surface area contributed by atoms with Crippen LogP contribution in [0.15, 0.2) is 24.3 Å². The van der Waals surface area contributed by atoms with Gasteiger partial charge in [0.15, 0.2) is 0 Å². The highest BCUT2D eigenvalue weighted by atomic mass is 16.9. The first-order valence-corrected chi connectivity index (χ1v) is 6.75. The number of hydrogen-bond acceptors (Lipinski definition) is 3. The summed E-state index contributed by atoms with van der Waals surface area (Å²) in [5.74, 6) is 2.31. The molecular weight excluding hydrogens is 240 g/mol. The van der Waals surface area contributed by atoms with E-state index in [0.717, 1.165) is 36.9 Å². The number of hydrogen-bond donors (Lipinski definition) is 0. The van der Waals surface area contributed by atoms with Gasteiger partial charge in [0.25, 0.3) is 0 Å². The largest absolute Gasteiger partial charge is 0.323 e. The van der Waals surface area contributed by atoms with Crippen molar-refractivity contribution < 1.29 is 14.2 Å². The standard InChI is InChI=1S/C16H16O3/c1-2-12-3-5-14(6-4-12)16-17-9-15(10-18-16,11-19-16)13-7-8-13/h1,3-6,13H,7-11H2. The molecule has 0 aromatic heterocycles. The smallest absolute Gasteiger partial charge is 0.312 e. The monoisotopic (exact) mass is 256 g/mol. The second kappa shape index (κ2) is 3.83. The van der Waals surface area contributed by atoms with Crippen molar-refractivity contribution in [1.82, 2.24) is 0 Å². The molecule has 0 radical (unpaired) electrons. The summed E-state index contributed by atoms with van der Waals surface area (Å²) in [4.78, 5) is 0. The molecule has 3 aliphatic heterocycles. The maximum Gasteiger partial charge on any atom is 0.312 e. The molecule has 4 aliphatic rings. The Kier molecular flexibility index (Phi) is 2.32. The van der Waals surface area contributed by atoms with Crippen molar-refractivity contribution in [3.8, 4) is 12.3 Å². The van der Waals surface area contributed by atoms with E-state index < -0.39 is 5.97 Å². The second-order valence-corrected chi connectivity index (χ2v) is 5.78. The van der Waals surface area contributed by atoms with Crippen LogP contribution in [-0.2, 0) is 20.2 Å². The lowest BCUT2D eigenvalue weighted by atomic mass is 9.83. The van der Waals surface area contributed by atoms with Crippen molar-refractivity contribution in [2.24, 2.45) is 11.3 Å². The SMILES string of the molecule is C#Cc1ccc(C23OCC(C4CC4)(CO2)CO3)cc1. The molecule has 0 spiro atoms. The van der Waals surface area contributed by atoms with E-state index in [4.69, 9.17) is 20.6 Å². The van der Waals surface area contributed by atoms with E-state index in [9.17, 15) is 0 Å². The molecule has 3 saturated heterocycles. The van der Waals surface area contributed by atoms with Gasteiger partial charge in [-0.25, -0.2) is 0 Å². The van der Waals surface area contributed by atoms with Crippen LogP contribution in [0.1, 0.15) is 24.0 Å². The Balaban J connectivity index is 1.60. The summed E-state index contributed by atoms with van der Waals surface area (Å²) in [6.45, 7) is 2.19. The van der Waals surface area contributed by atoms with Crippen LogP contribution < -0.4 is 0 Å². The minimum atomic E-state index is -1.01. The van der Waals surface area contributed by atoms with Crippen LogP contribution in [0.3, 0.4) is 0 Å². The molecule has 1 aromatic carbocycles. The topological polar surface area (TPSA) is 27.7 Å². The van der Waals surface area contributed by atoms with Crippen LogP contribution in [0.2, 0.25) is 0 Å². The van der Waals surface area contributed by atoms with E-state index in [-0.39, 0.29) is 5.41 Å². The fourth-order valence-corrected chi connectivity index (χ4v) is 3.04. The van der Waals surface area contributed by atoms with Crippen LogP contribution >= 0.6 is 0 Å². The fraction of sp³-hybridized carbons (Fsp3) is 0.500. The molecule has 5 rings (SSSR count). The highest BCUT2D eigenvalue weighted by molar-refractivity contribution is 5.35. The molecule has 3 heteroatoms. The van der Waals surface area contributed by atoms with Crippen molar-refractivity contribution in [2.45, 2.75) is 18.8 Å². The molecule has 0 atom stereocenters. The van der Waals surface area contributed by atoms with Gasteiger partial charge in [0.05, 0.1) is 19.8 Å². The van der Waals surface area contributed by atoms with Gasteiger partial charge in [-0.15, -0.1) is 6.42 Å². The van der Waals surface area contributed by atoms with E-state index in [2.05, 4.69) is 5.92 Å². The number of benzene rings is 1. The third-order valence-corrected chi connectivity index (χ3v) is 4.50. The van der Waals surface area contributed by atoms with E-state index in [1.165, 1.54) is 12.8 Å². The minimum absolute atomic E-state index is 0.0977. The van der Waals surface area contributed by atoms with Gasteiger partial charge in [-0.2, -0.15) is 0 Å². The summed E-state index contributed by atoms with van der Waals surface area (Å²) in [6, 6.07) is 7.62. The number of rotatable bonds is 2. The Labute approximate surface area is 112 Å². The van der Waals surface area contributed by atoms with Gasteiger partial charge in [-0.1, -0.05) is 5.92 Å². The Morgan fingerprint density at radius 2 is 1.58 bits per heavy atom. The van der Waals surface area contributed by atoms with Gasteiger partial charge in [0.1, 0.15) is 0 Å². The molecule has 0 amide bonds. The molecule has 2 bridgehead atoms. The fourth-order valence-electron chi connectivity index (χ4n) is 3.04. The molecule has 1 aromatic rings. The highest BCUT2D eigenvalue weighted by Crippen LogP contribution is 2.54. The summed E-state index contributed by atoms with van der Waals surface area (Å²) in [6.07, 6.45) is 7.92. The predicted molar refractivity (Wildman–Crippen MR) is 69.1 cm³/mol. The molecular formula is C16H16O3.